The molecule has 0 amide bonds. The van der Waals surface area contributed by atoms with Crippen molar-refractivity contribution < 1.29 is 10.2 Å². The zero-order chi connectivity index (χ0) is 16.7. The first-order chi connectivity index (χ1) is 11.4. The largest absolute Gasteiger partial charge is 0.506 e. The van der Waals surface area contributed by atoms with Crippen molar-refractivity contribution in [1.82, 2.24) is 14.8 Å². The van der Waals surface area contributed by atoms with E-state index in [1.54, 1.807) is 12.3 Å². The molecule has 4 bridgehead atoms. The highest BCUT2D eigenvalue weighted by atomic mass is 16.3. The maximum absolute atomic E-state index is 10.8. The maximum Gasteiger partial charge on any atom is 0.141 e. The maximum atomic E-state index is 10.8. The lowest BCUT2D eigenvalue weighted by Gasteiger charge is -2.68. The van der Waals surface area contributed by atoms with Gasteiger partial charge in [0.15, 0.2) is 0 Å². The molecule has 0 spiro atoms. The van der Waals surface area contributed by atoms with E-state index in [2.05, 4.69) is 28.6 Å². The number of piperidine rings is 2. The first-order valence-corrected chi connectivity index (χ1v) is 8.64. The summed E-state index contributed by atoms with van der Waals surface area (Å²) in [6, 6.07) is 7.77. The lowest BCUT2D eigenvalue weighted by atomic mass is 9.60. The van der Waals surface area contributed by atoms with Gasteiger partial charge < -0.3 is 10.2 Å². The normalized spacial score (nSPS) is 43.5. The summed E-state index contributed by atoms with van der Waals surface area (Å²) in [6.07, 6.45) is 1.68. The first kappa shape index (κ1) is 14.6. The topological polar surface area (TPSA) is 59.8 Å². The number of aromatic hydroxyl groups is 1. The third-order valence-corrected chi connectivity index (χ3v) is 6.33. The summed E-state index contributed by atoms with van der Waals surface area (Å²) >= 11 is 0. The molecule has 0 unspecified atom stereocenters. The molecule has 0 aliphatic carbocycles. The minimum atomic E-state index is -0.239. The van der Waals surface area contributed by atoms with Crippen LogP contribution in [0.3, 0.4) is 0 Å². The predicted molar refractivity (Wildman–Crippen MR) is 91.5 cm³/mol. The van der Waals surface area contributed by atoms with E-state index in [1.165, 1.54) is 5.56 Å². The van der Waals surface area contributed by atoms with Gasteiger partial charge in [0.05, 0.1) is 12.3 Å². The average molecular weight is 325 g/mol. The van der Waals surface area contributed by atoms with Crippen molar-refractivity contribution in [2.45, 2.75) is 26.1 Å². The number of pyridine rings is 1. The number of phenols is 1. The summed E-state index contributed by atoms with van der Waals surface area (Å²) in [6.45, 7) is 8.06. The zero-order valence-electron chi connectivity index (χ0n) is 14.1. The van der Waals surface area contributed by atoms with Crippen LogP contribution < -0.4 is 0 Å². The Hall–Kier alpha value is -1.69. The van der Waals surface area contributed by atoms with E-state index in [-0.39, 0.29) is 28.8 Å². The van der Waals surface area contributed by atoms with Crippen LogP contribution in [0.1, 0.15) is 25.6 Å². The van der Waals surface area contributed by atoms with Crippen LogP contribution in [0.4, 0.5) is 0 Å². The molecule has 5 heterocycles. The molecular formula is C19H23N3O2. The van der Waals surface area contributed by atoms with Crippen LogP contribution in [0.25, 0.3) is 10.9 Å². The quantitative estimate of drug-likeness (QED) is 0.839. The van der Waals surface area contributed by atoms with Crippen molar-refractivity contribution >= 4 is 10.9 Å². The molecule has 6 rings (SSSR count). The number of benzene rings is 1. The number of aromatic nitrogens is 1. The molecule has 0 saturated carbocycles. The molecule has 126 valence electrons. The number of phenolic OH excluding ortho intramolecular Hbond substituents is 1. The van der Waals surface area contributed by atoms with Gasteiger partial charge in [-0.1, -0.05) is 26.0 Å². The van der Waals surface area contributed by atoms with Gasteiger partial charge in [-0.2, -0.15) is 0 Å². The van der Waals surface area contributed by atoms with Crippen LogP contribution in [0.5, 0.6) is 5.75 Å². The molecule has 0 atom stereocenters. The minimum Gasteiger partial charge on any atom is -0.506 e. The third kappa shape index (κ3) is 1.72. The van der Waals surface area contributed by atoms with Crippen LogP contribution in [-0.4, -0.2) is 57.3 Å². The van der Waals surface area contributed by atoms with Crippen molar-refractivity contribution in [3.05, 3.63) is 36.0 Å². The van der Waals surface area contributed by atoms with Crippen LogP contribution in [0.2, 0.25) is 0 Å². The number of hydrogen-bond donors (Lipinski definition) is 2. The second-order valence-corrected chi connectivity index (χ2v) is 8.47. The monoisotopic (exact) mass is 325 g/mol. The molecule has 1 aromatic heterocycles. The highest BCUT2D eigenvalue weighted by Gasteiger charge is 2.62. The van der Waals surface area contributed by atoms with Gasteiger partial charge in [0, 0.05) is 48.6 Å². The van der Waals surface area contributed by atoms with E-state index in [9.17, 15) is 10.2 Å². The molecule has 5 heteroatoms. The Morgan fingerprint density at radius 1 is 1.04 bits per heavy atom. The van der Waals surface area contributed by atoms with Gasteiger partial charge in [-0.3, -0.25) is 14.8 Å². The number of hydrogen-bond acceptors (Lipinski definition) is 5. The lowest BCUT2D eigenvalue weighted by Crippen LogP contribution is -2.76. The summed E-state index contributed by atoms with van der Waals surface area (Å²) in [4.78, 5) is 9.36. The fraction of sp³-hybridized carbons (Fsp3) is 0.526. The fourth-order valence-corrected chi connectivity index (χ4v) is 5.63. The number of nitrogens with zero attached hydrogens (tertiary/aromatic N) is 3. The number of aliphatic hydroxyl groups excluding tert-OH is 1. The molecule has 4 aliphatic heterocycles. The SMILES string of the molecule is CC12CN3CC(C)(CN(C1)C3c1ccc(O)c3ncccc13)C2O. The molecule has 0 radical (unpaired) electrons. The van der Waals surface area contributed by atoms with Crippen molar-refractivity contribution in [2.75, 3.05) is 26.2 Å². The lowest BCUT2D eigenvalue weighted by molar-refractivity contribution is -0.253. The number of fused-ring (bicyclic) bond motifs is 1. The molecule has 1 aromatic carbocycles. The number of rotatable bonds is 1. The smallest absolute Gasteiger partial charge is 0.141 e. The van der Waals surface area contributed by atoms with Crippen LogP contribution in [0, 0.1) is 10.8 Å². The van der Waals surface area contributed by atoms with Crippen LogP contribution in [-0.2, 0) is 0 Å². The van der Waals surface area contributed by atoms with Gasteiger partial charge in [0.1, 0.15) is 11.3 Å². The number of aliphatic hydroxyl groups is 1. The molecule has 2 aromatic rings. The molecule has 24 heavy (non-hydrogen) atoms. The Morgan fingerprint density at radius 3 is 2.29 bits per heavy atom. The summed E-state index contributed by atoms with van der Waals surface area (Å²) in [7, 11) is 0. The van der Waals surface area contributed by atoms with E-state index in [0.717, 1.165) is 31.6 Å². The Morgan fingerprint density at radius 2 is 1.67 bits per heavy atom. The summed E-state index contributed by atoms with van der Waals surface area (Å²) in [5.74, 6) is 0.234. The van der Waals surface area contributed by atoms with Crippen molar-refractivity contribution in [3.8, 4) is 5.75 Å². The third-order valence-electron chi connectivity index (χ3n) is 6.33. The van der Waals surface area contributed by atoms with E-state index in [1.807, 2.05) is 18.2 Å². The van der Waals surface area contributed by atoms with Crippen molar-refractivity contribution in [2.24, 2.45) is 10.8 Å². The summed E-state index contributed by atoms with van der Waals surface area (Å²) in [5.41, 5.74) is 1.75. The van der Waals surface area contributed by atoms with E-state index >= 15 is 0 Å². The second kappa shape index (κ2) is 4.48. The molecule has 4 saturated heterocycles. The van der Waals surface area contributed by atoms with Gasteiger partial charge in [0.25, 0.3) is 0 Å². The Balaban J connectivity index is 1.65. The van der Waals surface area contributed by atoms with E-state index in [4.69, 9.17) is 0 Å². The van der Waals surface area contributed by atoms with Crippen LogP contribution >= 0.6 is 0 Å². The van der Waals surface area contributed by atoms with Crippen LogP contribution in [0.15, 0.2) is 30.5 Å². The molecule has 4 fully saturated rings. The Kier molecular flexibility index (Phi) is 2.73. The molecular weight excluding hydrogens is 302 g/mol. The van der Waals surface area contributed by atoms with E-state index < -0.39 is 0 Å². The predicted octanol–water partition coefficient (Wildman–Crippen LogP) is 1.96. The highest BCUT2D eigenvalue weighted by molar-refractivity contribution is 5.87. The van der Waals surface area contributed by atoms with Gasteiger partial charge in [0.2, 0.25) is 0 Å². The first-order valence-electron chi connectivity index (χ1n) is 8.64. The fourth-order valence-electron chi connectivity index (χ4n) is 5.63. The Bertz CT molecular complexity index is 798. The van der Waals surface area contributed by atoms with Crippen molar-refractivity contribution in [1.29, 1.82) is 0 Å². The summed E-state index contributed by atoms with van der Waals surface area (Å²) in [5, 5.41) is 22.0. The van der Waals surface area contributed by atoms with Gasteiger partial charge >= 0.3 is 0 Å². The van der Waals surface area contributed by atoms with E-state index in [0.29, 0.717) is 5.52 Å². The van der Waals surface area contributed by atoms with Gasteiger partial charge in [-0.25, -0.2) is 0 Å². The van der Waals surface area contributed by atoms with Gasteiger partial charge in [-0.05, 0) is 17.7 Å². The molecule has 5 nitrogen and oxygen atoms in total. The average Bonchev–Trinajstić information content (AvgIpc) is 2.53. The molecule has 4 aliphatic rings. The second-order valence-electron chi connectivity index (χ2n) is 8.47. The standard InChI is InChI=1S/C19H23N3O2/c1-18-8-21-10-19(2,17(18)24)11-22(9-18)16(21)13-5-6-14(23)15-12(13)4-3-7-20-15/h3-7,16-17,23-24H,8-11H2,1-2H3. The van der Waals surface area contributed by atoms with Gasteiger partial charge in [-0.15, -0.1) is 0 Å². The minimum absolute atomic E-state index is 0.0628. The molecule has 2 N–H and O–H groups in total. The summed E-state index contributed by atoms with van der Waals surface area (Å²) < 4.78 is 0. The van der Waals surface area contributed by atoms with Crippen molar-refractivity contribution in [3.63, 3.8) is 0 Å². The zero-order valence-corrected chi connectivity index (χ0v) is 14.1. The highest BCUT2D eigenvalue weighted by Crippen LogP contribution is 2.54. The Labute approximate surface area is 141 Å².